The van der Waals surface area contributed by atoms with Gasteiger partial charge < -0.3 is 15.2 Å². The molecule has 2 aromatic rings. The molecule has 0 saturated carbocycles. The Morgan fingerprint density at radius 3 is 2.27 bits per heavy atom. The first-order valence-corrected chi connectivity index (χ1v) is 15.1. The van der Waals surface area contributed by atoms with Gasteiger partial charge in [0.15, 0.2) is 0 Å². The highest BCUT2D eigenvalue weighted by molar-refractivity contribution is 7.89. The number of benzene rings is 2. The minimum Gasteiger partial charge on any atom is -0.390 e. The van der Waals surface area contributed by atoms with Crippen LogP contribution >= 0.6 is 0 Å². The Kier molecular flexibility index (Phi) is 14.5. The second kappa shape index (κ2) is 17.5. The third-order valence-electron chi connectivity index (χ3n) is 6.17. The lowest BCUT2D eigenvalue weighted by Gasteiger charge is -2.37. The normalized spacial score (nSPS) is 13.0. The largest absolute Gasteiger partial charge is 0.390 e. The van der Waals surface area contributed by atoms with Gasteiger partial charge in [0.05, 0.1) is 30.2 Å². The Bertz CT molecular complexity index is 1220. The Hall–Kier alpha value is -3.27. The van der Waals surface area contributed by atoms with E-state index in [-0.39, 0.29) is 49.7 Å². The number of carbonyl (C=O) groups excluding carboxylic acids is 2. The quantitative estimate of drug-likeness (QED) is 0.147. The molecule has 0 unspecified atom stereocenters. The molecular weight excluding hydrogens is 544 g/mol. The number of aliphatic hydroxyl groups excluding tert-OH is 1. The van der Waals surface area contributed by atoms with Crippen LogP contribution in [0, 0.1) is 18.3 Å². The van der Waals surface area contributed by atoms with Gasteiger partial charge in [-0.15, -0.1) is 12.3 Å². The van der Waals surface area contributed by atoms with Crippen molar-refractivity contribution in [1.29, 1.82) is 0 Å². The highest BCUT2D eigenvalue weighted by atomic mass is 32.2. The number of methoxy groups -OCH3 is 1. The van der Waals surface area contributed by atoms with Crippen molar-refractivity contribution >= 4 is 21.8 Å². The number of nitrogens with one attached hydrogen (secondary N) is 2. The monoisotopic (exact) mass is 586 g/mol. The number of aliphatic hydroxyl groups is 1. The second-order valence-electron chi connectivity index (χ2n) is 10.0. The van der Waals surface area contributed by atoms with Gasteiger partial charge in [0.25, 0.3) is 5.91 Å². The van der Waals surface area contributed by atoms with Gasteiger partial charge >= 0.3 is 0 Å². The zero-order valence-electron chi connectivity index (χ0n) is 24.0. The van der Waals surface area contributed by atoms with Crippen LogP contribution in [0.5, 0.6) is 0 Å². The summed E-state index contributed by atoms with van der Waals surface area (Å²) in [6.07, 6.45) is 4.26. The van der Waals surface area contributed by atoms with Crippen molar-refractivity contribution < 1.29 is 27.9 Å². The van der Waals surface area contributed by atoms with Crippen molar-refractivity contribution in [3.05, 3.63) is 66.2 Å². The van der Waals surface area contributed by atoms with Crippen LogP contribution in [0.15, 0.2) is 65.6 Å². The smallest absolute Gasteiger partial charge is 0.252 e. The van der Waals surface area contributed by atoms with Crippen molar-refractivity contribution in [2.24, 2.45) is 5.92 Å². The fraction of sp³-hybridized carbons (Fsp3) is 0.467. The maximum Gasteiger partial charge on any atom is 0.252 e. The third kappa shape index (κ3) is 11.3. The molecule has 41 heavy (non-hydrogen) atoms. The first-order chi connectivity index (χ1) is 19.6. The molecule has 0 aliphatic carbocycles. The average molecular weight is 587 g/mol. The van der Waals surface area contributed by atoms with Gasteiger partial charge in [-0.1, -0.05) is 62.4 Å². The van der Waals surface area contributed by atoms with Crippen LogP contribution in [0.1, 0.15) is 32.3 Å². The Morgan fingerprint density at radius 2 is 1.68 bits per heavy atom. The number of sulfonamides is 1. The Labute approximate surface area is 244 Å². The molecule has 0 aliphatic rings. The van der Waals surface area contributed by atoms with Crippen LogP contribution in [-0.4, -0.2) is 86.7 Å². The fourth-order valence-electron chi connectivity index (χ4n) is 4.18. The summed E-state index contributed by atoms with van der Waals surface area (Å²) >= 11 is 0. The summed E-state index contributed by atoms with van der Waals surface area (Å²) in [7, 11) is -2.42. The van der Waals surface area contributed by atoms with Crippen LogP contribution < -0.4 is 10.7 Å². The number of ether oxygens (including phenoxy) is 1. The van der Waals surface area contributed by atoms with E-state index >= 15 is 0 Å². The number of terminal acetylenes is 1. The standard InChI is InChI=1S/C30H42N4O6S/c1-5-6-17-30(37)34(32-29(36)21-31-18-19-40-4)27(20-25-13-9-7-10-14-25)28(35)23-33(22-24(2)3)41(38,39)26-15-11-8-12-16-26/h1,7-16,24,27-28,31,35H,6,17-23H2,2-4H3,(H,32,36)/t27-,28+/m0/s1. The Balaban J connectivity index is 2.44. The highest BCUT2D eigenvalue weighted by Crippen LogP contribution is 2.21. The SMILES string of the molecule is C#CCCC(=O)N(NC(=O)CNCCOC)[C@@H](Cc1ccccc1)[C@H](O)CN(CC(C)C)S(=O)(=O)c1ccccc1. The zero-order chi connectivity index (χ0) is 30.3. The number of hydrogen-bond donors (Lipinski definition) is 3. The summed E-state index contributed by atoms with van der Waals surface area (Å²) in [5, 5.41) is 15.7. The van der Waals surface area contributed by atoms with E-state index in [1.807, 2.05) is 44.2 Å². The second-order valence-corrected chi connectivity index (χ2v) is 12.0. The van der Waals surface area contributed by atoms with Gasteiger partial charge in [-0.05, 0) is 30.0 Å². The van der Waals surface area contributed by atoms with E-state index in [0.29, 0.717) is 13.2 Å². The highest BCUT2D eigenvalue weighted by Gasteiger charge is 2.35. The maximum absolute atomic E-state index is 13.6. The van der Waals surface area contributed by atoms with Gasteiger partial charge in [-0.25, -0.2) is 13.4 Å². The molecule has 11 heteroatoms. The van der Waals surface area contributed by atoms with E-state index in [2.05, 4.69) is 16.7 Å². The summed E-state index contributed by atoms with van der Waals surface area (Å²) in [4.78, 5) is 26.3. The molecule has 10 nitrogen and oxygen atoms in total. The molecule has 0 spiro atoms. The molecule has 0 aromatic heterocycles. The lowest BCUT2D eigenvalue weighted by molar-refractivity contribution is -0.147. The van der Waals surface area contributed by atoms with Crippen molar-refractivity contribution in [1.82, 2.24) is 20.1 Å². The van der Waals surface area contributed by atoms with Gasteiger partial charge in [0.2, 0.25) is 15.9 Å². The van der Waals surface area contributed by atoms with E-state index in [1.54, 1.807) is 25.3 Å². The third-order valence-corrected chi connectivity index (χ3v) is 8.02. The lowest BCUT2D eigenvalue weighted by Crippen LogP contribution is -2.60. The topological polar surface area (TPSA) is 128 Å². The molecule has 3 N–H and O–H groups in total. The van der Waals surface area contributed by atoms with Gasteiger partial charge in [-0.2, -0.15) is 4.31 Å². The number of rotatable bonds is 17. The molecule has 2 aromatic carbocycles. The van der Waals surface area contributed by atoms with Crippen LogP contribution in [0.4, 0.5) is 0 Å². The minimum atomic E-state index is -3.96. The number of nitrogens with zero attached hydrogens (tertiary/aromatic N) is 2. The van der Waals surface area contributed by atoms with Crippen molar-refractivity contribution in [3.8, 4) is 12.3 Å². The van der Waals surface area contributed by atoms with Crippen LogP contribution in [0.3, 0.4) is 0 Å². The van der Waals surface area contributed by atoms with Crippen LogP contribution in [-0.2, 0) is 30.8 Å². The van der Waals surface area contributed by atoms with Crippen molar-refractivity contribution in [3.63, 3.8) is 0 Å². The molecule has 0 heterocycles. The molecule has 0 fully saturated rings. The summed E-state index contributed by atoms with van der Waals surface area (Å²) in [5.41, 5.74) is 3.43. The summed E-state index contributed by atoms with van der Waals surface area (Å²) in [6.45, 7) is 4.34. The van der Waals surface area contributed by atoms with E-state index in [4.69, 9.17) is 11.2 Å². The van der Waals surface area contributed by atoms with E-state index < -0.39 is 34.0 Å². The predicted molar refractivity (Wildman–Crippen MR) is 158 cm³/mol. The molecule has 2 amide bonds. The van der Waals surface area contributed by atoms with Gasteiger partial charge in [0.1, 0.15) is 0 Å². The fourth-order valence-corrected chi connectivity index (χ4v) is 5.83. The first kappa shape index (κ1) is 33.9. The number of carbonyl (C=O) groups is 2. The zero-order valence-corrected chi connectivity index (χ0v) is 24.8. The molecule has 0 aliphatic heterocycles. The molecule has 224 valence electrons. The Morgan fingerprint density at radius 1 is 1.05 bits per heavy atom. The molecule has 2 atom stereocenters. The van der Waals surface area contributed by atoms with E-state index in [9.17, 15) is 23.1 Å². The average Bonchev–Trinajstić information content (AvgIpc) is 2.96. The van der Waals surface area contributed by atoms with Crippen molar-refractivity contribution in [2.75, 3.05) is 39.9 Å². The van der Waals surface area contributed by atoms with Crippen LogP contribution in [0.25, 0.3) is 0 Å². The molecule has 0 saturated heterocycles. The van der Waals surface area contributed by atoms with Gasteiger partial charge in [-0.3, -0.25) is 15.0 Å². The van der Waals surface area contributed by atoms with Crippen molar-refractivity contribution in [2.45, 2.75) is 50.2 Å². The summed E-state index contributed by atoms with van der Waals surface area (Å²) < 4.78 is 33.4. The lowest BCUT2D eigenvalue weighted by atomic mass is 9.99. The number of hydrogen-bond acceptors (Lipinski definition) is 7. The first-order valence-electron chi connectivity index (χ1n) is 13.6. The molecular formula is C30H42N4O6S. The number of amides is 2. The predicted octanol–water partition coefficient (Wildman–Crippen LogP) is 1.81. The maximum atomic E-state index is 13.6. The number of hydrazine groups is 1. The van der Waals surface area contributed by atoms with Crippen LogP contribution in [0.2, 0.25) is 0 Å². The van der Waals surface area contributed by atoms with E-state index in [0.717, 1.165) is 10.6 Å². The summed E-state index contributed by atoms with van der Waals surface area (Å²) in [6, 6.07) is 16.2. The molecule has 0 radical (unpaired) electrons. The van der Waals surface area contributed by atoms with Gasteiger partial charge in [0, 0.05) is 39.6 Å². The summed E-state index contributed by atoms with van der Waals surface area (Å²) in [5.74, 6) is 1.39. The molecule has 0 bridgehead atoms. The molecule has 2 rings (SSSR count). The van der Waals surface area contributed by atoms with E-state index in [1.165, 1.54) is 16.4 Å². The minimum absolute atomic E-state index is 0.0421.